The molecule has 1 saturated heterocycles. The molecule has 1 heterocycles. The number of imide groups is 2. The summed E-state index contributed by atoms with van der Waals surface area (Å²) in [7, 11) is 0. The van der Waals surface area contributed by atoms with Gasteiger partial charge in [0.15, 0.2) is 0 Å². The molecule has 1 aliphatic rings. The second kappa shape index (κ2) is 10.4. The molecule has 35 heavy (non-hydrogen) atoms. The molecule has 178 valence electrons. The third-order valence-corrected chi connectivity index (χ3v) is 6.67. The van der Waals surface area contributed by atoms with Crippen molar-refractivity contribution in [3.63, 3.8) is 0 Å². The van der Waals surface area contributed by atoms with Crippen LogP contribution in [0.5, 0.6) is 5.75 Å². The maximum absolute atomic E-state index is 13.2. The van der Waals surface area contributed by atoms with Gasteiger partial charge in [-0.25, -0.2) is 9.69 Å². The molecule has 3 aromatic rings. The Bertz CT molecular complexity index is 1410. The Morgan fingerprint density at radius 2 is 1.74 bits per heavy atom. The number of urea groups is 1. The molecule has 0 aromatic heterocycles. The van der Waals surface area contributed by atoms with E-state index in [4.69, 9.17) is 39.5 Å². The van der Waals surface area contributed by atoms with Crippen molar-refractivity contribution in [3.05, 3.63) is 96.4 Å². The minimum absolute atomic E-state index is 0.125. The summed E-state index contributed by atoms with van der Waals surface area (Å²) in [6, 6.07) is 14.1. The average Bonchev–Trinajstić information content (AvgIpc) is 2.79. The maximum Gasteiger partial charge on any atom is 0.335 e. The van der Waals surface area contributed by atoms with Gasteiger partial charge in [-0.05, 0) is 61.0 Å². The molecule has 4 rings (SSSR count). The third-order valence-electron chi connectivity index (χ3n) is 5.19. The fraction of sp³-hybridized carbons (Fsp3) is 0.0800. The highest BCUT2D eigenvalue weighted by atomic mass is 79.9. The van der Waals surface area contributed by atoms with E-state index in [2.05, 4.69) is 21.2 Å². The molecule has 4 amide bonds. The minimum atomic E-state index is -0.861. The van der Waals surface area contributed by atoms with Gasteiger partial charge in [0.25, 0.3) is 11.8 Å². The second-order valence-electron chi connectivity index (χ2n) is 7.60. The van der Waals surface area contributed by atoms with Crippen molar-refractivity contribution < 1.29 is 19.1 Å². The van der Waals surface area contributed by atoms with E-state index in [9.17, 15) is 14.4 Å². The first-order chi connectivity index (χ1) is 16.6. The van der Waals surface area contributed by atoms with Gasteiger partial charge in [0.2, 0.25) is 0 Å². The monoisotopic (exact) mass is 592 g/mol. The summed E-state index contributed by atoms with van der Waals surface area (Å²) in [6.07, 6.45) is 1.37. The standard InChI is InChI=1S/C25H16BrCl3N2O4/c1-13-2-6-18(11-20(13)28)31-24(33)19(23(32)30-25(31)34)9-15-8-16(26)4-7-22(15)35-12-14-3-5-17(27)10-21(14)29/h2-11H,12H2,1H3,(H,30,32,34)/b19-9-. The number of carbonyl (C=O) groups is 3. The molecule has 0 radical (unpaired) electrons. The van der Waals surface area contributed by atoms with Gasteiger partial charge in [0.1, 0.15) is 17.9 Å². The van der Waals surface area contributed by atoms with E-state index in [0.29, 0.717) is 36.4 Å². The molecule has 0 saturated carbocycles. The number of halogens is 4. The topological polar surface area (TPSA) is 75.7 Å². The first kappa shape index (κ1) is 25.3. The van der Waals surface area contributed by atoms with E-state index in [1.165, 1.54) is 12.1 Å². The first-order valence-electron chi connectivity index (χ1n) is 10.2. The van der Waals surface area contributed by atoms with Crippen molar-refractivity contribution in [1.29, 1.82) is 0 Å². The van der Waals surface area contributed by atoms with E-state index in [1.807, 2.05) is 0 Å². The highest BCUT2D eigenvalue weighted by Gasteiger charge is 2.37. The SMILES string of the molecule is Cc1ccc(N2C(=O)NC(=O)/C(=C/c3cc(Br)ccc3OCc3ccc(Cl)cc3Cl)C2=O)cc1Cl. The first-order valence-corrected chi connectivity index (χ1v) is 12.1. The zero-order valence-electron chi connectivity index (χ0n) is 18.1. The van der Waals surface area contributed by atoms with Gasteiger partial charge in [-0.1, -0.05) is 62.9 Å². The van der Waals surface area contributed by atoms with E-state index in [0.717, 1.165) is 10.5 Å². The van der Waals surface area contributed by atoms with E-state index >= 15 is 0 Å². The van der Waals surface area contributed by atoms with Crippen LogP contribution in [0.1, 0.15) is 16.7 Å². The number of ether oxygens (including phenoxy) is 1. The van der Waals surface area contributed by atoms with Crippen LogP contribution in [-0.4, -0.2) is 17.8 Å². The minimum Gasteiger partial charge on any atom is -0.488 e. The van der Waals surface area contributed by atoms with Crippen molar-refractivity contribution in [2.45, 2.75) is 13.5 Å². The van der Waals surface area contributed by atoms with E-state index < -0.39 is 17.8 Å². The van der Waals surface area contributed by atoms with Crippen molar-refractivity contribution in [2.24, 2.45) is 0 Å². The number of aryl methyl sites for hydroxylation is 1. The molecular formula is C25H16BrCl3N2O4. The molecule has 6 nitrogen and oxygen atoms in total. The molecule has 10 heteroatoms. The Hall–Kier alpha value is -2.84. The Morgan fingerprint density at radius 1 is 0.971 bits per heavy atom. The molecule has 1 aliphatic heterocycles. The molecule has 0 atom stereocenters. The second-order valence-corrected chi connectivity index (χ2v) is 9.76. The van der Waals surface area contributed by atoms with Crippen LogP contribution in [0.25, 0.3) is 6.08 Å². The average molecular weight is 595 g/mol. The quantitative estimate of drug-likeness (QED) is 0.256. The van der Waals surface area contributed by atoms with Gasteiger partial charge in [-0.15, -0.1) is 0 Å². The summed E-state index contributed by atoms with van der Waals surface area (Å²) in [5.74, 6) is -1.21. The Balaban J connectivity index is 1.68. The van der Waals surface area contributed by atoms with Crippen molar-refractivity contribution in [1.82, 2.24) is 5.32 Å². The lowest BCUT2D eigenvalue weighted by Crippen LogP contribution is -2.54. The molecule has 0 aliphatic carbocycles. The van der Waals surface area contributed by atoms with Gasteiger partial charge >= 0.3 is 6.03 Å². The predicted octanol–water partition coefficient (Wildman–Crippen LogP) is 6.96. The number of anilines is 1. The number of nitrogens with one attached hydrogen (secondary N) is 1. The van der Waals surface area contributed by atoms with Gasteiger partial charge in [-0.2, -0.15) is 0 Å². The fourth-order valence-electron chi connectivity index (χ4n) is 3.33. The van der Waals surface area contributed by atoms with E-state index in [-0.39, 0.29) is 17.9 Å². The number of nitrogens with zero attached hydrogens (tertiary/aromatic N) is 1. The largest absolute Gasteiger partial charge is 0.488 e. The number of hydrogen-bond acceptors (Lipinski definition) is 4. The predicted molar refractivity (Wildman–Crippen MR) is 140 cm³/mol. The molecule has 0 bridgehead atoms. The zero-order valence-corrected chi connectivity index (χ0v) is 21.9. The Kier molecular flexibility index (Phi) is 7.52. The summed E-state index contributed by atoms with van der Waals surface area (Å²) < 4.78 is 6.64. The molecule has 0 spiro atoms. The summed E-state index contributed by atoms with van der Waals surface area (Å²) >= 11 is 21.8. The number of amides is 4. The fourth-order valence-corrected chi connectivity index (χ4v) is 4.34. The van der Waals surface area contributed by atoms with Crippen LogP contribution >= 0.6 is 50.7 Å². The van der Waals surface area contributed by atoms with Crippen LogP contribution in [0.15, 0.2) is 64.6 Å². The number of hydrogen-bond donors (Lipinski definition) is 1. The van der Waals surface area contributed by atoms with Gasteiger partial charge in [0.05, 0.1) is 5.69 Å². The van der Waals surface area contributed by atoms with Gasteiger partial charge < -0.3 is 4.74 Å². The maximum atomic E-state index is 13.2. The van der Waals surface area contributed by atoms with Gasteiger partial charge in [0, 0.05) is 30.7 Å². The van der Waals surface area contributed by atoms with Crippen LogP contribution in [0.4, 0.5) is 10.5 Å². The lowest BCUT2D eigenvalue weighted by atomic mass is 10.1. The van der Waals surface area contributed by atoms with E-state index in [1.54, 1.807) is 55.5 Å². The van der Waals surface area contributed by atoms with Crippen LogP contribution in [-0.2, 0) is 16.2 Å². The highest BCUT2D eigenvalue weighted by molar-refractivity contribution is 9.10. The Morgan fingerprint density at radius 3 is 2.46 bits per heavy atom. The number of carbonyl (C=O) groups excluding carboxylic acids is 3. The molecule has 0 unspecified atom stereocenters. The van der Waals surface area contributed by atoms with Crippen molar-refractivity contribution in [3.8, 4) is 5.75 Å². The normalized spacial score (nSPS) is 14.9. The summed E-state index contributed by atoms with van der Waals surface area (Å²) in [5.41, 5.74) is 1.93. The van der Waals surface area contributed by atoms with Crippen molar-refractivity contribution in [2.75, 3.05) is 4.90 Å². The Labute approximate surface area is 224 Å². The smallest absolute Gasteiger partial charge is 0.335 e. The van der Waals surface area contributed by atoms with Gasteiger partial charge in [-0.3, -0.25) is 14.9 Å². The highest BCUT2D eigenvalue weighted by Crippen LogP contribution is 2.31. The molecule has 1 fully saturated rings. The van der Waals surface area contributed by atoms with Crippen LogP contribution < -0.4 is 15.0 Å². The summed E-state index contributed by atoms with van der Waals surface area (Å²) in [5, 5.41) is 3.53. The summed E-state index contributed by atoms with van der Waals surface area (Å²) in [4.78, 5) is 39.2. The number of rotatable bonds is 5. The molecule has 3 aromatic carbocycles. The number of barbiturate groups is 1. The number of benzene rings is 3. The lowest BCUT2D eigenvalue weighted by Gasteiger charge is -2.26. The van der Waals surface area contributed by atoms with Crippen LogP contribution in [0.2, 0.25) is 15.1 Å². The van der Waals surface area contributed by atoms with Crippen LogP contribution in [0, 0.1) is 6.92 Å². The molecular weight excluding hydrogens is 579 g/mol. The van der Waals surface area contributed by atoms with Crippen molar-refractivity contribution >= 4 is 80.3 Å². The zero-order chi connectivity index (χ0) is 25.3. The van der Waals surface area contributed by atoms with Crippen LogP contribution in [0.3, 0.4) is 0 Å². The molecule has 1 N–H and O–H groups in total. The third kappa shape index (κ3) is 5.54. The summed E-state index contributed by atoms with van der Waals surface area (Å²) in [6.45, 7) is 1.92. The lowest BCUT2D eigenvalue weighted by molar-refractivity contribution is -0.122.